The molecule has 18 heavy (non-hydrogen) atoms. The maximum Gasteiger partial charge on any atom is 0.256 e. The lowest BCUT2D eigenvalue weighted by molar-refractivity contribution is -0.124. The van der Waals surface area contributed by atoms with Crippen molar-refractivity contribution >= 4 is 11.8 Å². The number of hydrogen-bond donors (Lipinski definition) is 1. The molecule has 5 heteroatoms. The van der Waals surface area contributed by atoms with Gasteiger partial charge in [-0.05, 0) is 31.6 Å². The average molecular weight is 253 g/mol. The second-order valence-corrected chi connectivity index (χ2v) is 4.88. The highest BCUT2D eigenvalue weighted by Crippen LogP contribution is 2.26. The third-order valence-corrected chi connectivity index (χ3v) is 3.57. The molecule has 1 saturated carbocycles. The Labute approximate surface area is 107 Å². The molecule has 100 valence electrons. The molecule has 0 spiro atoms. The molecule has 1 N–H and O–H groups in total. The fraction of sp³-hybridized carbons (Fsp3) is 0.692. The van der Waals surface area contributed by atoms with Crippen LogP contribution in [-0.2, 0) is 19.1 Å². The Morgan fingerprint density at radius 2 is 2.00 bits per heavy atom. The zero-order valence-electron chi connectivity index (χ0n) is 10.6. The van der Waals surface area contributed by atoms with Gasteiger partial charge in [-0.2, -0.15) is 0 Å². The SMILES string of the molecule is COC1CCC(COCC2=CC(=O)NC2=O)CC1. The molecule has 1 aliphatic carbocycles. The number of nitrogens with one attached hydrogen (secondary N) is 1. The number of carbonyl (C=O) groups excluding carboxylic acids is 2. The van der Waals surface area contributed by atoms with Gasteiger partial charge in [0.05, 0.1) is 12.7 Å². The number of imide groups is 1. The number of hydrogen-bond acceptors (Lipinski definition) is 4. The third kappa shape index (κ3) is 3.40. The van der Waals surface area contributed by atoms with Gasteiger partial charge in [0.25, 0.3) is 11.8 Å². The minimum absolute atomic E-state index is 0.224. The smallest absolute Gasteiger partial charge is 0.256 e. The Hall–Kier alpha value is -1.20. The van der Waals surface area contributed by atoms with E-state index in [0.717, 1.165) is 25.7 Å². The van der Waals surface area contributed by atoms with E-state index < -0.39 is 0 Å². The van der Waals surface area contributed by atoms with Gasteiger partial charge in [0.1, 0.15) is 0 Å². The van der Waals surface area contributed by atoms with Crippen LogP contribution < -0.4 is 5.32 Å². The predicted octanol–water partition coefficient (Wildman–Crippen LogP) is 0.791. The van der Waals surface area contributed by atoms with Gasteiger partial charge >= 0.3 is 0 Å². The molecular formula is C13H19NO4. The molecule has 0 saturated heterocycles. The third-order valence-electron chi connectivity index (χ3n) is 3.57. The summed E-state index contributed by atoms with van der Waals surface area (Å²) in [5.41, 5.74) is 0.422. The number of amides is 2. The van der Waals surface area contributed by atoms with Crippen LogP contribution in [0.15, 0.2) is 11.6 Å². The molecule has 1 aliphatic heterocycles. The summed E-state index contributed by atoms with van der Waals surface area (Å²) < 4.78 is 10.8. The van der Waals surface area contributed by atoms with Crippen molar-refractivity contribution < 1.29 is 19.1 Å². The zero-order valence-corrected chi connectivity index (χ0v) is 10.6. The number of carbonyl (C=O) groups is 2. The van der Waals surface area contributed by atoms with E-state index in [0.29, 0.717) is 24.2 Å². The second-order valence-electron chi connectivity index (χ2n) is 4.88. The Balaban J connectivity index is 1.66. The first-order valence-electron chi connectivity index (χ1n) is 6.35. The standard InChI is InChI=1S/C13H19NO4/c1-17-11-4-2-9(3-5-11)7-18-8-10-6-12(15)14-13(10)16/h6,9,11H,2-5,7-8H2,1H3,(H,14,15,16). The quantitative estimate of drug-likeness (QED) is 0.736. The summed E-state index contributed by atoms with van der Waals surface area (Å²) in [7, 11) is 1.75. The van der Waals surface area contributed by atoms with Crippen LogP contribution in [0.5, 0.6) is 0 Å². The average Bonchev–Trinajstić information content (AvgIpc) is 2.69. The topological polar surface area (TPSA) is 64.6 Å². The van der Waals surface area contributed by atoms with E-state index in [2.05, 4.69) is 5.32 Å². The lowest BCUT2D eigenvalue weighted by Gasteiger charge is -2.27. The first-order chi connectivity index (χ1) is 8.69. The Kier molecular flexibility index (Phi) is 4.49. The van der Waals surface area contributed by atoms with Crippen molar-refractivity contribution in [2.75, 3.05) is 20.3 Å². The van der Waals surface area contributed by atoms with Crippen molar-refractivity contribution in [2.24, 2.45) is 5.92 Å². The van der Waals surface area contributed by atoms with Crippen LogP contribution in [0.1, 0.15) is 25.7 Å². The van der Waals surface area contributed by atoms with Gasteiger partial charge in [-0.3, -0.25) is 14.9 Å². The summed E-state index contributed by atoms with van der Waals surface area (Å²) in [5, 5.41) is 2.20. The van der Waals surface area contributed by atoms with E-state index in [4.69, 9.17) is 9.47 Å². The van der Waals surface area contributed by atoms with Crippen LogP contribution in [0.3, 0.4) is 0 Å². The summed E-state index contributed by atoms with van der Waals surface area (Å²) in [6.07, 6.45) is 6.05. The molecule has 0 aromatic carbocycles. The van der Waals surface area contributed by atoms with Crippen LogP contribution in [-0.4, -0.2) is 38.2 Å². The van der Waals surface area contributed by atoms with Crippen LogP contribution >= 0.6 is 0 Å². The maximum atomic E-state index is 11.3. The fourth-order valence-electron chi connectivity index (χ4n) is 2.43. The molecule has 0 aromatic rings. The number of methoxy groups -OCH3 is 1. The Morgan fingerprint density at radius 3 is 2.56 bits per heavy atom. The lowest BCUT2D eigenvalue weighted by Crippen LogP contribution is -2.25. The molecule has 0 unspecified atom stereocenters. The Morgan fingerprint density at radius 1 is 1.28 bits per heavy atom. The van der Waals surface area contributed by atoms with E-state index in [1.54, 1.807) is 7.11 Å². The van der Waals surface area contributed by atoms with E-state index in [9.17, 15) is 9.59 Å². The van der Waals surface area contributed by atoms with Gasteiger partial charge in [-0.1, -0.05) is 0 Å². The van der Waals surface area contributed by atoms with Crippen molar-refractivity contribution in [3.8, 4) is 0 Å². The summed E-state index contributed by atoms with van der Waals surface area (Å²) in [6.45, 7) is 0.872. The molecule has 2 aliphatic rings. The highest BCUT2D eigenvalue weighted by Gasteiger charge is 2.23. The summed E-state index contributed by atoms with van der Waals surface area (Å²) in [4.78, 5) is 22.2. The van der Waals surface area contributed by atoms with Gasteiger partial charge in [0, 0.05) is 25.4 Å². The molecule has 0 atom stereocenters. The summed E-state index contributed by atoms with van der Waals surface area (Å²) in [6, 6.07) is 0. The fourth-order valence-corrected chi connectivity index (χ4v) is 2.43. The highest BCUT2D eigenvalue weighted by atomic mass is 16.5. The van der Waals surface area contributed by atoms with Gasteiger partial charge in [0.2, 0.25) is 0 Å². The molecule has 0 radical (unpaired) electrons. The second kappa shape index (κ2) is 6.11. The number of rotatable bonds is 5. The molecule has 2 rings (SSSR count). The summed E-state index contributed by atoms with van der Waals surface area (Å²) in [5.74, 6) is -0.139. The van der Waals surface area contributed by atoms with Gasteiger partial charge in [0.15, 0.2) is 0 Å². The highest BCUT2D eigenvalue weighted by molar-refractivity contribution is 6.16. The van der Waals surface area contributed by atoms with Gasteiger partial charge in [-0.25, -0.2) is 0 Å². The molecule has 1 fully saturated rings. The molecule has 2 amide bonds. The number of ether oxygens (including phenoxy) is 2. The minimum atomic E-state index is -0.348. The normalized spacial score (nSPS) is 28.2. The van der Waals surface area contributed by atoms with Crippen molar-refractivity contribution in [1.29, 1.82) is 0 Å². The van der Waals surface area contributed by atoms with E-state index in [-0.39, 0.29) is 18.4 Å². The largest absolute Gasteiger partial charge is 0.381 e. The maximum absolute atomic E-state index is 11.3. The molecule has 1 heterocycles. The van der Waals surface area contributed by atoms with E-state index in [1.807, 2.05) is 0 Å². The Bertz CT molecular complexity index is 356. The first-order valence-corrected chi connectivity index (χ1v) is 6.35. The first kappa shape index (κ1) is 13.2. The molecule has 5 nitrogen and oxygen atoms in total. The van der Waals surface area contributed by atoms with E-state index in [1.165, 1.54) is 6.08 Å². The molecule has 0 bridgehead atoms. The molecule has 0 aromatic heterocycles. The molecular weight excluding hydrogens is 234 g/mol. The van der Waals surface area contributed by atoms with Gasteiger partial charge in [-0.15, -0.1) is 0 Å². The van der Waals surface area contributed by atoms with E-state index >= 15 is 0 Å². The van der Waals surface area contributed by atoms with Gasteiger partial charge < -0.3 is 9.47 Å². The van der Waals surface area contributed by atoms with Crippen LogP contribution in [0.4, 0.5) is 0 Å². The zero-order chi connectivity index (χ0) is 13.0. The van der Waals surface area contributed by atoms with Crippen molar-refractivity contribution in [2.45, 2.75) is 31.8 Å². The monoisotopic (exact) mass is 253 g/mol. The van der Waals surface area contributed by atoms with Crippen molar-refractivity contribution in [3.63, 3.8) is 0 Å². The van der Waals surface area contributed by atoms with Crippen LogP contribution in [0.2, 0.25) is 0 Å². The van der Waals surface area contributed by atoms with Crippen molar-refractivity contribution in [1.82, 2.24) is 5.32 Å². The van der Waals surface area contributed by atoms with Crippen LogP contribution in [0, 0.1) is 5.92 Å². The summed E-state index contributed by atoms with van der Waals surface area (Å²) >= 11 is 0. The predicted molar refractivity (Wildman–Crippen MR) is 64.8 cm³/mol. The van der Waals surface area contributed by atoms with Crippen LogP contribution in [0.25, 0.3) is 0 Å². The minimum Gasteiger partial charge on any atom is -0.381 e. The van der Waals surface area contributed by atoms with Crippen molar-refractivity contribution in [3.05, 3.63) is 11.6 Å². The lowest BCUT2D eigenvalue weighted by atomic mass is 9.88.